The number of halogens is 2. The van der Waals surface area contributed by atoms with Crippen molar-refractivity contribution >= 4 is 29.0 Å². The van der Waals surface area contributed by atoms with Gasteiger partial charge in [-0.15, -0.1) is 0 Å². The molecule has 2 aliphatic rings. The predicted octanol–water partition coefficient (Wildman–Crippen LogP) is 6.71. The first-order chi connectivity index (χ1) is 15.2. The lowest BCUT2D eigenvalue weighted by Crippen LogP contribution is -2.33. The number of ether oxygens (including phenoxy) is 1. The number of aromatic nitrogens is 2. The molecule has 1 aliphatic carbocycles. The molecule has 0 bridgehead atoms. The van der Waals surface area contributed by atoms with Crippen LogP contribution >= 0.6 is 23.2 Å². The highest BCUT2D eigenvalue weighted by atomic mass is 35.5. The van der Waals surface area contributed by atoms with Gasteiger partial charge in [-0.25, -0.2) is 4.68 Å². The maximum Gasteiger partial charge on any atom is 0.222 e. The number of hydrogen-bond acceptors (Lipinski definition) is 3. The summed E-state index contributed by atoms with van der Waals surface area (Å²) in [6, 6.07) is 15.8. The van der Waals surface area contributed by atoms with Crippen molar-refractivity contribution in [1.29, 1.82) is 0 Å². The van der Waals surface area contributed by atoms with Crippen LogP contribution in [0.25, 0.3) is 0 Å². The number of ketones is 1. The van der Waals surface area contributed by atoms with Crippen molar-refractivity contribution in [2.75, 3.05) is 0 Å². The van der Waals surface area contributed by atoms with Crippen LogP contribution in [-0.4, -0.2) is 15.6 Å². The SMILES string of the molecule is Cc1nn(Cc2ccccc2)c2c1C(c1ccc(Cl)c(Cl)c1)C1=C(CC(C)(C)CC1=O)O2. The Hall–Kier alpha value is -2.56. The smallest absolute Gasteiger partial charge is 0.222 e. The number of fused-ring (bicyclic) bond motifs is 1. The van der Waals surface area contributed by atoms with Gasteiger partial charge in [-0.3, -0.25) is 4.79 Å². The van der Waals surface area contributed by atoms with E-state index in [2.05, 4.69) is 26.0 Å². The van der Waals surface area contributed by atoms with E-state index in [9.17, 15) is 4.79 Å². The number of Topliss-reactive ketones (excluding diaryl/α,β-unsaturated/α-hetero) is 1. The number of carbonyl (C=O) groups is 1. The minimum atomic E-state index is -0.281. The van der Waals surface area contributed by atoms with Crippen LogP contribution in [0.2, 0.25) is 10.0 Å². The summed E-state index contributed by atoms with van der Waals surface area (Å²) in [6.07, 6.45) is 1.18. The van der Waals surface area contributed by atoms with Crippen molar-refractivity contribution < 1.29 is 9.53 Å². The van der Waals surface area contributed by atoms with Crippen LogP contribution in [0.5, 0.6) is 5.88 Å². The third kappa shape index (κ3) is 3.66. The summed E-state index contributed by atoms with van der Waals surface area (Å²) >= 11 is 12.6. The first-order valence-corrected chi connectivity index (χ1v) is 11.5. The van der Waals surface area contributed by atoms with Crippen molar-refractivity contribution in [2.45, 2.75) is 46.1 Å². The zero-order chi connectivity index (χ0) is 22.6. The Kier molecular flexibility index (Phi) is 5.18. The summed E-state index contributed by atoms with van der Waals surface area (Å²) in [5.41, 5.74) is 4.38. The van der Waals surface area contributed by atoms with Crippen molar-refractivity contribution in [2.24, 2.45) is 5.41 Å². The molecule has 2 aromatic carbocycles. The highest BCUT2D eigenvalue weighted by Crippen LogP contribution is 2.51. The van der Waals surface area contributed by atoms with E-state index in [-0.39, 0.29) is 17.1 Å². The van der Waals surface area contributed by atoms with Gasteiger partial charge in [-0.1, -0.05) is 73.4 Å². The molecule has 0 saturated carbocycles. The van der Waals surface area contributed by atoms with Gasteiger partial charge in [0.15, 0.2) is 5.78 Å². The fraction of sp³-hybridized carbons (Fsp3) is 0.308. The largest absolute Gasteiger partial charge is 0.443 e. The van der Waals surface area contributed by atoms with E-state index in [4.69, 9.17) is 33.0 Å². The predicted molar refractivity (Wildman–Crippen MR) is 126 cm³/mol. The Morgan fingerprint density at radius 3 is 2.56 bits per heavy atom. The average molecular weight is 467 g/mol. The molecule has 0 radical (unpaired) electrons. The summed E-state index contributed by atoms with van der Waals surface area (Å²) < 4.78 is 8.38. The van der Waals surface area contributed by atoms with E-state index in [1.165, 1.54) is 0 Å². The summed E-state index contributed by atoms with van der Waals surface area (Å²) in [5.74, 6) is 1.28. The lowest BCUT2D eigenvalue weighted by Gasteiger charge is -2.37. The van der Waals surface area contributed by atoms with Crippen LogP contribution < -0.4 is 4.74 Å². The van der Waals surface area contributed by atoms with E-state index in [1.807, 2.05) is 41.9 Å². The van der Waals surface area contributed by atoms with Gasteiger partial charge in [0, 0.05) is 29.9 Å². The van der Waals surface area contributed by atoms with Crippen LogP contribution in [0, 0.1) is 12.3 Å². The Morgan fingerprint density at radius 1 is 1.09 bits per heavy atom. The van der Waals surface area contributed by atoms with E-state index in [0.717, 1.165) is 33.7 Å². The topological polar surface area (TPSA) is 44.1 Å². The number of hydrogen-bond donors (Lipinski definition) is 0. The zero-order valence-electron chi connectivity index (χ0n) is 18.3. The highest BCUT2D eigenvalue weighted by molar-refractivity contribution is 6.42. The lowest BCUT2D eigenvalue weighted by atomic mass is 9.70. The molecule has 1 aromatic heterocycles. The molecular weight excluding hydrogens is 443 g/mol. The molecule has 0 saturated heterocycles. The van der Waals surface area contributed by atoms with Gasteiger partial charge in [0.05, 0.1) is 22.3 Å². The van der Waals surface area contributed by atoms with E-state index in [0.29, 0.717) is 35.3 Å². The molecule has 1 unspecified atom stereocenters. The second kappa shape index (κ2) is 7.79. The molecule has 32 heavy (non-hydrogen) atoms. The lowest BCUT2D eigenvalue weighted by molar-refractivity contribution is -0.118. The molecule has 4 nitrogen and oxygen atoms in total. The van der Waals surface area contributed by atoms with Gasteiger partial charge in [0.25, 0.3) is 0 Å². The molecule has 2 heterocycles. The van der Waals surface area contributed by atoms with Gasteiger partial charge in [0.1, 0.15) is 5.76 Å². The number of carbonyl (C=O) groups excluding carboxylic acids is 1. The Balaban J connectivity index is 1.70. The number of allylic oxidation sites excluding steroid dienone is 2. The van der Waals surface area contributed by atoms with Crippen molar-refractivity contribution in [3.05, 3.63) is 92.3 Å². The molecule has 0 fully saturated rings. The minimum absolute atomic E-state index is 0.119. The van der Waals surface area contributed by atoms with Crippen molar-refractivity contribution in [3.8, 4) is 5.88 Å². The third-order valence-corrected chi connectivity index (χ3v) is 6.99. The molecule has 1 atom stereocenters. The number of aryl methyl sites for hydroxylation is 1. The van der Waals surface area contributed by atoms with Gasteiger partial charge in [-0.2, -0.15) is 5.10 Å². The van der Waals surface area contributed by atoms with Crippen LogP contribution in [0.15, 0.2) is 59.9 Å². The normalized spacial score (nSPS) is 19.4. The van der Waals surface area contributed by atoms with Gasteiger partial charge in [-0.05, 0) is 35.6 Å². The first kappa shape index (κ1) is 21.3. The van der Waals surface area contributed by atoms with E-state index in [1.54, 1.807) is 6.07 Å². The Morgan fingerprint density at radius 2 is 1.84 bits per heavy atom. The van der Waals surface area contributed by atoms with Gasteiger partial charge in [0.2, 0.25) is 5.88 Å². The van der Waals surface area contributed by atoms with Crippen LogP contribution in [-0.2, 0) is 11.3 Å². The average Bonchev–Trinajstić information content (AvgIpc) is 3.03. The fourth-order valence-electron chi connectivity index (χ4n) is 4.85. The fourth-order valence-corrected chi connectivity index (χ4v) is 5.16. The highest BCUT2D eigenvalue weighted by Gasteiger charge is 2.44. The first-order valence-electron chi connectivity index (χ1n) is 10.7. The quantitative estimate of drug-likeness (QED) is 0.430. The Bertz CT molecular complexity index is 1260. The van der Waals surface area contributed by atoms with Crippen molar-refractivity contribution in [1.82, 2.24) is 9.78 Å². The second-order valence-electron chi connectivity index (χ2n) is 9.43. The molecule has 1 aliphatic heterocycles. The summed E-state index contributed by atoms with van der Waals surface area (Å²) in [7, 11) is 0. The number of benzene rings is 2. The van der Waals surface area contributed by atoms with Crippen LogP contribution in [0.1, 0.15) is 55.0 Å². The summed E-state index contributed by atoms with van der Waals surface area (Å²) in [5, 5.41) is 5.78. The second-order valence-corrected chi connectivity index (χ2v) is 10.2. The maximum absolute atomic E-state index is 13.4. The molecule has 0 amide bonds. The standard InChI is InChI=1S/C26H24Cl2N2O2/c1-15-22-23(17-9-10-18(27)19(28)11-17)24-20(31)12-26(2,3)13-21(24)32-25(22)30(29-15)14-16-7-5-4-6-8-16/h4-11,23H,12-14H2,1-3H3. The molecule has 0 N–H and O–H groups in total. The van der Waals surface area contributed by atoms with Crippen molar-refractivity contribution in [3.63, 3.8) is 0 Å². The molecule has 3 aromatic rings. The zero-order valence-corrected chi connectivity index (χ0v) is 19.8. The Labute approximate surface area is 197 Å². The molecule has 6 heteroatoms. The number of nitrogens with zero attached hydrogens (tertiary/aromatic N) is 2. The molecule has 0 spiro atoms. The minimum Gasteiger partial charge on any atom is -0.443 e. The summed E-state index contributed by atoms with van der Waals surface area (Å²) in [4.78, 5) is 13.4. The summed E-state index contributed by atoms with van der Waals surface area (Å²) in [6.45, 7) is 6.77. The van der Waals surface area contributed by atoms with E-state index < -0.39 is 0 Å². The van der Waals surface area contributed by atoms with Crippen LogP contribution in [0.3, 0.4) is 0 Å². The number of rotatable bonds is 3. The monoisotopic (exact) mass is 466 g/mol. The van der Waals surface area contributed by atoms with E-state index >= 15 is 0 Å². The maximum atomic E-state index is 13.4. The molecule has 164 valence electrons. The van der Waals surface area contributed by atoms with Gasteiger partial charge >= 0.3 is 0 Å². The van der Waals surface area contributed by atoms with Gasteiger partial charge < -0.3 is 4.74 Å². The molecular formula is C26H24Cl2N2O2. The third-order valence-electron chi connectivity index (χ3n) is 6.25. The van der Waals surface area contributed by atoms with Crippen LogP contribution in [0.4, 0.5) is 0 Å². The molecule has 5 rings (SSSR count).